The number of ether oxygens (including phenoxy) is 1. The summed E-state index contributed by atoms with van der Waals surface area (Å²) in [6.07, 6.45) is -5.05. The number of aliphatic hydroxyl groups is 1. The molecule has 0 aliphatic heterocycles. The third-order valence-corrected chi connectivity index (χ3v) is 3.61. The number of nitrogens with one attached hydrogen (secondary N) is 1. The Kier molecular flexibility index (Phi) is 9.59. The zero-order valence-corrected chi connectivity index (χ0v) is 16.4. The van der Waals surface area contributed by atoms with Gasteiger partial charge in [-0.05, 0) is 30.5 Å². The Bertz CT molecular complexity index is 575. The fourth-order valence-electron chi connectivity index (χ4n) is 2.30. The van der Waals surface area contributed by atoms with Crippen molar-refractivity contribution in [1.82, 2.24) is 10.2 Å². The van der Waals surface area contributed by atoms with Gasteiger partial charge in [0, 0.05) is 26.7 Å². The summed E-state index contributed by atoms with van der Waals surface area (Å²) < 4.78 is 43.3. The maximum Gasteiger partial charge on any atom is 0.416 e. The van der Waals surface area contributed by atoms with Crippen LogP contribution in [0.3, 0.4) is 0 Å². The fraction of sp³-hybridized carbons (Fsp3) is 0.632. The number of aliphatic hydroxyl groups excluding tert-OH is 1. The fourth-order valence-corrected chi connectivity index (χ4v) is 2.30. The average Bonchev–Trinajstić information content (AvgIpc) is 2.57. The molecule has 0 saturated carbocycles. The molecule has 0 aliphatic rings. The Hall–Kier alpha value is -1.80. The lowest BCUT2D eigenvalue weighted by molar-refractivity contribution is -0.137. The maximum atomic E-state index is 12.6. The SMILES string of the molecule is CCNC(=NCC(O)COCC(C)C)N(C)Cc1ccc(C(F)(F)F)cc1. The summed E-state index contributed by atoms with van der Waals surface area (Å²) >= 11 is 0. The topological polar surface area (TPSA) is 57.1 Å². The molecule has 27 heavy (non-hydrogen) atoms. The Balaban J connectivity index is 2.64. The molecular weight excluding hydrogens is 359 g/mol. The van der Waals surface area contributed by atoms with Crippen molar-refractivity contribution >= 4 is 5.96 Å². The van der Waals surface area contributed by atoms with Gasteiger partial charge in [0.1, 0.15) is 0 Å². The third kappa shape index (κ3) is 9.10. The number of rotatable bonds is 9. The average molecular weight is 389 g/mol. The van der Waals surface area contributed by atoms with E-state index in [1.807, 2.05) is 20.8 Å². The summed E-state index contributed by atoms with van der Waals surface area (Å²) in [5.41, 5.74) is 0.0657. The largest absolute Gasteiger partial charge is 0.416 e. The summed E-state index contributed by atoms with van der Waals surface area (Å²) in [5.74, 6) is 0.966. The van der Waals surface area contributed by atoms with Crippen LogP contribution in [0.4, 0.5) is 13.2 Å². The molecule has 0 amide bonds. The minimum atomic E-state index is -4.34. The normalized spacial score (nSPS) is 13.7. The van der Waals surface area contributed by atoms with Gasteiger partial charge in [-0.1, -0.05) is 26.0 Å². The second-order valence-electron chi connectivity index (χ2n) is 6.83. The van der Waals surface area contributed by atoms with E-state index >= 15 is 0 Å². The van der Waals surface area contributed by atoms with Gasteiger partial charge >= 0.3 is 6.18 Å². The van der Waals surface area contributed by atoms with Crippen LogP contribution < -0.4 is 5.32 Å². The van der Waals surface area contributed by atoms with E-state index in [9.17, 15) is 18.3 Å². The smallest absolute Gasteiger partial charge is 0.389 e. The van der Waals surface area contributed by atoms with Crippen LogP contribution in [-0.2, 0) is 17.5 Å². The van der Waals surface area contributed by atoms with E-state index in [0.717, 1.165) is 17.7 Å². The third-order valence-electron chi connectivity index (χ3n) is 3.61. The highest BCUT2D eigenvalue weighted by molar-refractivity contribution is 5.79. The van der Waals surface area contributed by atoms with Gasteiger partial charge in [-0.25, -0.2) is 0 Å². The molecule has 1 rings (SSSR count). The summed E-state index contributed by atoms with van der Waals surface area (Å²) in [4.78, 5) is 6.18. The lowest BCUT2D eigenvalue weighted by atomic mass is 10.1. The summed E-state index contributed by atoms with van der Waals surface area (Å²) in [6.45, 7) is 7.98. The van der Waals surface area contributed by atoms with E-state index in [1.54, 1.807) is 11.9 Å². The van der Waals surface area contributed by atoms with Gasteiger partial charge in [0.15, 0.2) is 5.96 Å². The number of alkyl halides is 3. The van der Waals surface area contributed by atoms with Gasteiger partial charge in [-0.15, -0.1) is 0 Å². The summed E-state index contributed by atoms with van der Waals surface area (Å²) in [7, 11) is 1.79. The molecule has 1 aromatic rings. The summed E-state index contributed by atoms with van der Waals surface area (Å²) in [6, 6.07) is 5.06. The van der Waals surface area contributed by atoms with Crippen LogP contribution in [-0.4, -0.2) is 55.4 Å². The highest BCUT2D eigenvalue weighted by atomic mass is 19.4. The van der Waals surface area contributed by atoms with Crippen LogP contribution in [0, 0.1) is 5.92 Å². The first-order chi connectivity index (χ1) is 12.6. The molecule has 0 bridgehead atoms. The Morgan fingerprint density at radius 3 is 2.37 bits per heavy atom. The van der Waals surface area contributed by atoms with E-state index in [0.29, 0.717) is 31.6 Å². The van der Waals surface area contributed by atoms with Crippen LogP contribution in [0.2, 0.25) is 0 Å². The van der Waals surface area contributed by atoms with Crippen molar-refractivity contribution in [3.8, 4) is 0 Å². The highest BCUT2D eigenvalue weighted by Crippen LogP contribution is 2.29. The number of benzene rings is 1. The van der Waals surface area contributed by atoms with Gasteiger partial charge in [0.2, 0.25) is 0 Å². The van der Waals surface area contributed by atoms with Gasteiger partial charge in [-0.2, -0.15) is 13.2 Å². The standard InChI is InChI=1S/C19H30F3N3O2/c1-5-23-18(24-10-17(26)13-27-12-14(2)3)25(4)11-15-6-8-16(9-7-15)19(20,21)22/h6-9,14,17,26H,5,10-13H2,1-4H3,(H,23,24). The van der Waals surface area contributed by atoms with E-state index < -0.39 is 17.8 Å². The Morgan fingerprint density at radius 1 is 1.22 bits per heavy atom. The minimum Gasteiger partial charge on any atom is -0.389 e. The molecule has 0 aliphatic carbocycles. The van der Waals surface area contributed by atoms with Gasteiger partial charge < -0.3 is 20.1 Å². The molecule has 0 aromatic heterocycles. The molecule has 0 radical (unpaired) electrons. The van der Waals surface area contributed by atoms with Gasteiger partial charge in [0.25, 0.3) is 0 Å². The zero-order valence-electron chi connectivity index (χ0n) is 16.4. The molecule has 154 valence electrons. The predicted molar refractivity (Wildman–Crippen MR) is 101 cm³/mol. The van der Waals surface area contributed by atoms with Gasteiger partial charge in [-0.3, -0.25) is 4.99 Å². The first kappa shape index (κ1) is 23.2. The van der Waals surface area contributed by atoms with Crippen LogP contribution in [0.25, 0.3) is 0 Å². The zero-order chi connectivity index (χ0) is 20.4. The minimum absolute atomic E-state index is 0.178. The van der Waals surface area contributed by atoms with Gasteiger partial charge in [0.05, 0.1) is 24.8 Å². The molecule has 1 aromatic carbocycles. The van der Waals surface area contributed by atoms with Crippen molar-refractivity contribution in [1.29, 1.82) is 0 Å². The summed E-state index contributed by atoms with van der Waals surface area (Å²) in [5, 5.41) is 13.1. The van der Waals surface area contributed by atoms with Crippen LogP contribution in [0.15, 0.2) is 29.3 Å². The number of hydrogen-bond donors (Lipinski definition) is 2. The number of hydrogen-bond acceptors (Lipinski definition) is 3. The molecule has 0 spiro atoms. The van der Waals surface area contributed by atoms with E-state index in [2.05, 4.69) is 10.3 Å². The van der Waals surface area contributed by atoms with Crippen molar-refractivity contribution in [3.63, 3.8) is 0 Å². The highest BCUT2D eigenvalue weighted by Gasteiger charge is 2.29. The van der Waals surface area contributed by atoms with Crippen molar-refractivity contribution in [2.24, 2.45) is 10.9 Å². The van der Waals surface area contributed by atoms with Crippen LogP contribution in [0.5, 0.6) is 0 Å². The molecule has 5 nitrogen and oxygen atoms in total. The Morgan fingerprint density at radius 2 is 1.85 bits per heavy atom. The lowest BCUT2D eigenvalue weighted by Crippen LogP contribution is -2.39. The number of halogens is 3. The monoisotopic (exact) mass is 389 g/mol. The second-order valence-corrected chi connectivity index (χ2v) is 6.83. The van der Waals surface area contributed by atoms with E-state index in [1.165, 1.54) is 12.1 Å². The van der Waals surface area contributed by atoms with Crippen LogP contribution in [0.1, 0.15) is 31.9 Å². The predicted octanol–water partition coefficient (Wildman–Crippen LogP) is 3.14. The molecule has 0 heterocycles. The van der Waals surface area contributed by atoms with Crippen molar-refractivity contribution in [2.45, 2.75) is 39.6 Å². The number of guanidine groups is 1. The molecule has 2 N–H and O–H groups in total. The molecule has 0 saturated heterocycles. The van der Waals surface area contributed by atoms with Crippen molar-refractivity contribution in [3.05, 3.63) is 35.4 Å². The van der Waals surface area contributed by atoms with Crippen molar-refractivity contribution < 1.29 is 23.0 Å². The molecule has 1 unspecified atom stereocenters. The number of nitrogens with zero attached hydrogens (tertiary/aromatic N) is 2. The maximum absolute atomic E-state index is 12.6. The molecular formula is C19H30F3N3O2. The Labute approximate surface area is 159 Å². The quantitative estimate of drug-likeness (QED) is 0.503. The first-order valence-electron chi connectivity index (χ1n) is 9.04. The lowest BCUT2D eigenvalue weighted by Gasteiger charge is -2.23. The van der Waals surface area contributed by atoms with E-state index in [-0.39, 0.29) is 13.2 Å². The molecule has 8 heteroatoms. The molecule has 1 atom stereocenters. The first-order valence-corrected chi connectivity index (χ1v) is 9.04. The second kappa shape index (κ2) is 11.1. The number of aliphatic imine (C=N–C) groups is 1. The van der Waals surface area contributed by atoms with Crippen LogP contribution >= 0.6 is 0 Å². The molecule has 0 fully saturated rings. The van der Waals surface area contributed by atoms with E-state index in [4.69, 9.17) is 4.74 Å². The van der Waals surface area contributed by atoms with Crippen molar-refractivity contribution in [2.75, 3.05) is 33.4 Å².